The number of hydrogen-bond acceptors (Lipinski definition) is 3. The second-order valence-corrected chi connectivity index (χ2v) is 9.51. The quantitative estimate of drug-likeness (QED) is 0.276. The van der Waals surface area contributed by atoms with Crippen LogP contribution in [-0.2, 0) is 22.6 Å². The second-order valence-electron chi connectivity index (χ2n) is 8.22. The van der Waals surface area contributed by atoms with Gasteiger partial charge in [-0.25, -0.2) is 0 Å². The van der Waals surface area contributed by atoms with Gasteiger partial charge in [-0.15, -0.1) is 0 Å². The number of nitrogens with zero attached hydrogens (tertiary/aromatic N) is 1. The first-order valence-electron chi connectivity index (χ1n) is 11.7. The molecule has 0 bridgehead atoms. The zero-order chi connectivity index (χ0) is 25.0. The third-order valence-corrected chi connectivity index (χ3v) is 6.40. The fraction of sp³-hybridized carbons (Fsp3) is 0.286. The first kappa shape index (κ1) is 26.8. The molecule has 0 saturated carbocycles. The summed E-state index contributed by atoms with van der Waals surface area (Å²) in [7, 11) is 0. The molecule has 3 rings (SSSR count). The van der Waals surface area contributed by atoms with E-state index in [9.17, 15) is 9.59 Å². The van der Waals surface area contributed by atoms with Gasteiger partial charge in [-0.3, -0.25) is 9.59 Å². The summed E-state index contributed by atoms with van der Waals surface area (Å²) in [5.74, 6) is 0.0657. The summed E-state index contributed by atoms with van der Waals surface area (Å²) in [6.07, 6.45) is 2.26. The molecule has 2 amide bonds. The molecule has 0 radical (unpaired) electrons. The Balaban J connectivity index is 1.87. The van der Waals surface area contributed by atoms with Gasteiger partial charge in [-0.2, -0.15) is 0 Å². The van der Waals surface area contributed by atoms with Gasteiger partial charge in [0, 0.05) is 24.5 Å². The average Bonchev–Trinajstić information content (AvgIpc) is 2.86. The van der Waals surface area contributed by atoms with Gasteiger partial charge in [0.25, 0.3) is 5.91 Å². The highest BCUT2D eigenvalue weighted by atomic mass is 79.9. The van der Waals surface area contributed by atoms with Crippen molar-refractivity contribution in [2.75, 3.05) is 13.2 Å². The molecular formula is C28H30BrClN2O3. The Morgan fingerprint density at radius 3 is 2.29 bits per heavy atom. The van der Waals surface area contributed by atoms with E-state index in [1.54, 1.807) is 23.1 Å². The van der Waals surface area contributed by atoms with E-state index in [-0.39, 0.29) is 18.4 Å². The minimum Gasteiger partial charge on any atom is -0.483 e. The van der Waals surface area contributed by atoms with E-state index < -0.39 is 6.04 Å². The van der Waals surface area contributed by atoms with Crippen LogP contribution in [0.2, 0.25) is 5.02 Å². The summed E-state index contributed by atoms with van der Waals surface area (Å²) < 4.78 is 6.48. The highest BCUT2D eigenvalue weighted by Crippen LogP contribution is 2.28. The topological polar surface area (TPSA) is 58.6 Å². The van der Waals surface area contributed by atoms with Crippen LogP contribution in [0.4, 0.5) is 0 Å². The van der Waals surface area contributed by atoms with Crippen LogP contribution in [0.5, 0.6) is 5.75 Å². The number of hydrogen-bond donors (Lipinski definition) is 1. The normalized spacial score (nSPS) is 11.5. The summed E-state index contributed by atoms with van der Waals surface area (Å²) in [6.45, 7) is 2.73. The number of benzene rings is 3. The molecule has 0 aromatic heterocycles. The van der Waals surface area contributed by atoms with Gasteiger partial charge >= 0.3 is 0 Å². The molecule has 7 heteroatoms. The van der Waals surface area contributed by atoms with Crippen molar-refractivity contribution in [2.24, 2.45) is 0 Å². The molecule has 0 saturated heterocycles. The van der Waals surface area contributed by atoms with E-state index in [0.717, 1.165) is 24.0 Å². The monoisotopic (exact) mass is 556 g/mol. The van der Waals surface area contributed by atoms with Crippen molar-refractivity contribution in [2.45, 2.75) is 38.8 Å². The van der Waals surface area contributed by atoms with Crippen molar-refractivity contribution >= 4 is 39.3 Å². The number of amides is 2. The molecule has 0 aliphatic heterocycles. The Morgan fingerprint density at radius 2 is 1.66 bits per heavy atom. The first-order chi connectivity index (χ1) is 17.0. The van der Waals surface area contributed by atoms with E-state index >= 15 is 0 Å². The number of nitrogens with one attached hydrogen (secondary N) is 1. The highest BCUT2D eigenvalue weighted by Gasteiger charge is 2.30. The fourth-order valence-electron chi connectivity index (χ4n) is 3.65. The molecule has 0 unspecified atom stereocenters. The lowest BCUT2D eigenvalue weighted by molar-refractivity contribution is -0.142. The van der Waals surface area contributed by atoms with E-state index in [2.05, 4.69) is 28.2 Å². The van der Waals surface area contributed by atoms with Gasteiger partial charge in [-0.05, 0) is 51.7 Å². The lowest BCUT2D eigenvalue weighted by Gasteiger charge is -2.31. The molecule has 184 valence electrons. The van der Waals surface area contributed by atoms with Gasteiger partial charge in [0.05, 0.1) is 4.47 Å². The largest absolute Gasteiger partial charge is 0.483 e. The van der Waals surface area contributed by atoms with E-state index in [1.807, 2.05) is 60.7 Å². The van der Waals surface area contributed by atoms with Crippen molar-refractivity contribution in [3.63, 3.8) is 0 Å². The standard InChI is InChI=1S/C28H30BrClN2O3/c1-2-3-16-31-28(34)25(17-21-10-6-4-7-11-21)32(19-22-12-8-5-9-13-22)27(33)20-35-26-15-14-23(30)18-24(26)29/h4-15,18,25H,2-3,16-17,19-20H2,1H3,(H,31,34)/t25-/m0/s1. The maximum atomic E-state index is 13.5. The van der Waals surface area contributed by atoms with Crippen LogP contribution in [0.3, 0.4) is 0 Å². The Labute approximate surface area is 220 Å². The van der Waals surface area contributed by atoms with Crippen LogP contribution in [0, 0.1) is 0 Å². The summed E-state index contributed by atoms with van der Waals surface area (Å²) in [4.78, 5) is 28.5. The number of unbranched alkanes of at least 4 members (excludes halogenated alkanes) is 1. The van der Waals surface area contributed by atoms with Gasteiger partial charge in [0.15, 0.2) is 6.61 Å². The molecule has 1 N–H and O–H groups in total. The molecule has 0 heterocycles. The molecule has 1 atom stereocenters. The summed E-state index contributed by atoms with van der Waals surface area (Å²) in [5, 5.41) is 3.58. The number of halogens is 2. The maximum absolute atomic E-state index is 13.5. The lowest BCUT2D eigenvalue weighted by Crippen LogP contribution is -2.51. The Bertz CT molecular complexity index is 1100. The summed E-state index contributed by atoms with van der Waals surface area (Å²) >= 11 is 9.44. The predicted octanol–water partition coefficient (Wildman–Crippen LogP) is 6.04. The highest BCUT2D eigenvalue weighted by molar-refractivity contribution is 9.10. The molecule has 3 aromatic rings. The summed E-state index contributed by atoms with van der Waals surface area (Å²) in [5.41, 5.74) is 1.92. The Morgan fingerprint density at radius 1 is 1.00 bits per heavy atom. The molecule has 0 aliphatic carbocycles. The van der Waals surface area contributed by atoms with Gasteiger partial charge in [-0.1, -0.05) is 85.6 Å². The Kier molecular flexibility index (Phi) is 10.6. The number of ether oxygens (including phenoxy) is 1. The molecular weight excluding hydrogens is 528 g/mol. The van der Waals surface area contributed by atoms with Crippen molar-refractivity contribution in [3.05, 3.63) is 99.5 Å². The second kappa shape index (κ2) is 13.9. The van der Waals surface area contributed by atoms with Crippen LogP contribution in [0.25, 0.3) is 0 Å². The molecule has 0 spiro atoms. The predicted molar refractivity (Wildman–Crippen MR) is 143 cm³/mol. The zero-order valence-corrected chi connectivity index (χ0v) is 22.1. The Hall–Kier alpha value is -2.83. The third kappa shape index (κ3) is 8.41. The molecule has 3 aromatic carbocycles. The number of carbonyl (C=O) groups is 2. The first-order valence-corrected chi connectivity index (χ1v) is 12.9. The zero-order valence-electron chi connectivity index (χ0n) is 19.8. The lowest BCUT2D eigenvalue weighted by atomic mass is 10.0. The van der Waals surface area contributed by atoms with Gasteiger partial charge in [0.1, 0.15) is 11.8 Å². The number of carbonyl (C=O) groups excluding carboxylic acids is 2. The summed E-state index contributed by atoms with van der Waals surface area (Å²) in [6, 6.07) is 23.9. The van der Waals surface area contributed by atoms with Crippen LogP contribution < -0.4 is 10.1 Å². The van der Waals surface area contributed by atoms with Crippen LogP contribution in [0.15, 0.2) is 83.3 Å². The van der Waals surface area contributed by atoms with E-state index in [4.69, 9.17) is 16.3 Å². The molecule has 35 heavy (non-hydrogen) atoms. The SMILES string of the molecule is CCCCNC(=O)[C@H](Cc1ccccc1)N(Cc1ccccc1)C(=O)COc1ccc(Cl)cc1Br. The van der Waals surface area contributed by atoms with Crippen molar-refractivity contribution in [1.29, 1.82) is 0 Å². The molecule has 0 fully saturated rings. The minimum atomic E-state index is -0.681. The fourth-order valence-corrected chi connectivity index (χ4v) is 4.45. The maximum Gasteiger partial charge on any atom is 0.261 e. The third-order valence-electron chi connectivity index (χ3n) is 5.54. The average molecular weight is 558 g/mol. The van der Waals surface area contributed by atoms with Crippen molar-refractivity contribution < 1.29 is 14.3 Å². The minimum absolute atomic E-state index is 0.167. The molecule has 0 aliphatic rings. The molecule has 5 nitrogen and oxygen atoms in total. The van der Waals surface area contributed by atoms with Crippen molar-refractivity contribution in [1.82, 2.24) is 10.2 Å². The van der Waals surface area contributed by atoms with E-state index in [0.29, 0.717) is 34.8 Å². The van der Waals surface area contributed by atoms with Crippen LogP contribution in [0.1, 0.15) is 30.9 Å². The van der Waals surface area contributed by atoms with Gasteiger partial charge in [0.2, 0.25) is 5.91 Å². The number of rotatable bonds is 12. The van der Waals surface area contributed by atoms with Crippen molar-refractivity contribution in [3.8, 4) is 5.75 Å². The smallest absolute Gasteiger partial charge is 0.261 e. The van der Waals surface area contributed by atoms with Crippen LogP contribution in [-0.4, -0.2) is 35.9 Å². The van der Waals surface area contributed by atoms with Gasteiger partial charge < -0.3 is 15.0 Å². The van der Waals surface area contributed by atoms with Crippen LogP contribution >= 0.6 is 27.5 Å². The van der Waals surface area contributed by atoms with E-state index in [1.165, 1.54) is 0 Å².